The standard InChI is InChI=1S/C13H21N3.C2H6/c1-10(2)12-5-8-16(9-6-12)13-4-7-14-15-11(13)3;1-2/h4,7,10,12H,5-6,8-9H2,1-3H3;1-2H3. The van der Waals surface area contributed by atoms with Crippen LogP contribution in [0.1, 0.15) is 46.2 Å². The van der Waals surface area contributed by atoms with E-state index in [1.165, 1.54) is 18.5 Å². The molecule has 1 saturated heterocycles. The lowest BCUT2D eigenvalue weighted by Gasteiger charge is -2.35. The molecule has 0 aliphatic carbocycles. The Hall–Kier alpha value is -1.12. The smallest absolute Gasteiger partial charge is 0.0833 e. The van der Waals surface area contributed by atoms with Gasteiger partial charge in [0.25, 0.3) is 0 Å². The maximum atomic E-state index is 4.12. The van der Waals surface area contributed by atoms with Crippen molar-refractivity contribution in [1.82, 2.24) is 10.2 Å². The fourth-order valence-electron chi connectivity index (χ4n) is 2.54. The van der Waals surface area contributed by atoms with Gasteiger partial charge in [0.1, 0.15) is 0 Å². The number of hydrogen-bond acceptors (Lipinski definition) is 3. The molecule has 1 fully saturated rings. The molecule has 0 aromatic carbocycles. The number of nitrogens with zero attached hydrogens (tertiary/aromatic N) is 3. The molecule has 3 nitrogen and oxygen atoms in total. The van der Waals surface area contributed by atoms with Crippen molar-refractivity contribution in [3.63, 3.8) is 0 Å². The molecule has 0 spiro atoms. The van der Waals surface area contributed by atoms with Crippen molar-refractivity contribution in [2.75, 3.05) is 18.0 Å². The number of hydrogen-bond donors (Lipinski definition) is 0. The first-order valence-electron chi connectivity index (χ1n) is 7.21. The summed E-state index contributed by atoms with van der Waals surface area (Å²) in [6.45, 7) is 13.0. The number of anilines is 1. The summed E-state index contributed by atoms with van der Waals surface area (Å²) in [5.41, 5.74) is 2.31. The van der Waals surface area contributed by atoms with Crippen molar-refractivity contribution in [3.05, 3.63) is 18.0 Å². The average Bonchev–Trinajstić information content (AvgIpc) is 2.42. The third-order valence-electron chi connectivity index (χ3n) is 3.70. The Kier molecular flexibility index (Phi) is 6.10. The summed E-state index contributed by atoms with van der Waals surface area (Å²) < 4.78 is 0. The lowest BCUT2D eigenvalue weighted by Crippen LogP contribution is -2.35. The molecule has 0 unspecified atom stereocenters. The minimum absolute atomic E-state index is 0.818. The van der Waals surface area contributed by atoms with Gasteiger partial charge in [-0.1, -0.05) is 27.7 Å². The van der Waals surface area contributed by atoms with Crippen molar-refractivity contribution in [2.24, 2.45) is 11.8 Å². The van der Waals surface area contributed by atoms with E-state index in [0.717, 1.165) is 30.6 Å². The fraction of sp³-hybridized carbons (Fsp3) is 0.733. The van der Waals surface area contributed by atoms with Gasteiger partial charge < -0.3 is 4.90 Å². The number of aryl methyl sites for hydroxylation is 1. The molecule has 0 saturated carbocycles. The quantitative estimate of drug-likeness (QED) is 0.800. The zero-order chi connectivity index (χ0) is 13.5. The molecule has 18 heavy (non-hydrogen) atoms. The molecular weight excluding hydrogens is 222 g/mol. The zero-order valence-corrected chi connectivity index (χ0v) is 12.5. The highest BCUT2D eigenvalue weighted by Crippen LogP contribution is 2.28. The van der Waals surface area contributed by atoms with E-state index < -0.39 is 0 Å². The molecule has 1 aliphatic rings. The van der Waals surface area contributed by atoms with Crippen LogP contribution in [-0.2, 0) is 0 Å². The molecule has 102 valence electrons. The molecule has 0 bridgehead atoms. The van der Waals surface area contributed by atoms with E-state index in [1.54, 1.807) is 6.20 Å². The molecule has 0 atom stereocenters. The summed E-state index contributed by atoms with van der Waals surface area (Å²) in [6.07, 6.45) is 4.40. The van der Waals surface area contributed by atoms with Crippen LogP contribution in [0.4, 0.5) is 5.69 Å². The van der Waals surface area contributed by atoms with Gasteiger partial charge in [-0.3, -0.25) is 0 Å². The van der Waals surface area contributed by atoms with Crippen LogP contribution < -0.4 is 4.90 Å². The Labute approximate surface area is 112 Å². The Balaban J connectivity index is 0.000000771. The lowest BCUT2D eigenvalue weighted by molar-refractivity contribution is 0.311. The SMILES string of the molecule is CC.Cc1nnccc1N1CCC(C(C)C)CC1. The number of piperidine rings is 1. The first-order valence-corrected chi connectivity index (χ1v) is 7.21. The Bertz CT molecular complexity index is 341. The number of aromatic nitrogens is 2. The van der Waals surface area contributed by atoms with Crippen LogP contribution in [0.3, 0.4) is 0 Å². The van der Waals surface area contributed by atoms with Crippen molar-refractivity contribution in [3.8, 4) is 0 Å². The summed E-state index contributed by atoms with van der Waals surface area (Å²) in [5, 5.41) is 8.02. The largest absolute Gasteiger partial charge is 0.370 e. The van der Waals surface area contributed by atoms with E-state index in [0.29, 0.717) is 0 Å². The van der Waals surface area contributed by atoms with Gasteiger partial charge in [-0.05, 0) is 37.7 Å². The van der Waals surface area contributed by atoms with Crippen molar-refractivity contribution < 1.29 is 0 Å². The van der Waals surface area contributed by atoms with Crippen LogP contribution in [0.5, 0.6) is 0 Å². The van der Waals surface area contributed by atoms with E-state index in [-0.39, 0.29) is 0 Å². The predicted octanol–water partition coefficient (Wildman–Crippen LogP) is 3.68. The Morgan fingerprint density at radius 1 is 1.22 bits per heavy atom. The summed E-state index contributed by atoms with van der Waals surface area (Å²) in [7, 11) is 0. The second-order valence-electron chi connectivity index (χ2n) is 5.07. The second-order valence-corrected chi connectivity index (χ2v) is 5.07. The molecule has 0 radical (unpaired) electrons. The molecule has 2 rings (SSSR count). The number of rotatable bonds is 2. The van der Waals surface area contributed by atoms with E-state index in [2.05, 4.69) is 35.0 Å². The second kappa shape index (κ2) is 7.34. The Morgan fingerprint density at radius 2 is 1.83 bits per heavy atom. The molecule has 1 aromatic rings. The van der Waals surface area contributed by atoms with Crippen LogP contribution in [0.2, 0.25) is 0 Å². The van der Waals surface area contributed by atoms with Crippen LogP contribution in [0, 0.1) is 18.8 Å². The Morgan fingerprint density at radius 3 is 2.33 bits per heavy atom. The highest BCUT2D eigenvalue weighted by molar-refractivity contribution is 5.49. The first kappa shape index (κ1) is 14.9. The molecule has 3 heteroatoms. The summed E-state index contributed by atoms with van der Waals surface area (Å²) in [5.74, 6) is 1.71. The monoisotopic (exact) mass is 249 g/mol. The van der Waals surface area contributed by atoms with Gasteiger partial charge in [0.2, 0.25) is 0 Å². The normalized spacial score (nSPS) is 16.4. The van der Waals surface area contributed by atoms with Crippen molar-refractivity contribution >= 4 is 5.69 Å². The van der Waals surface area contributed by atoms with Crippen molar-refractivity contribution in [1.29, 1.82) is 0 Å². The third-order valence-corrected chi connectivity index (χ3v) is 3.70. The third kappa shape index (κ3) is 3.69. The molecule has 2 heterocycles. The van der Waals surface area contributed by atoms with Gasteiger partial charge in [0.05, 0.1) is 17.6 Å². The average molecular weight is 249 g/mol. The molecule has 0 N–H and O–H groups in total. The van der Waals surface area contributed by atoms with Gasteiger partial charge in [-0.2, -0.15) is 10.2 Å². The van der Waals surface area contributed by atoms with E-state index in [1.807, 2.05) is 20.8 Å². The summed E-state index contributed by atoms with van der Waals surface area (Å²) in [4.78, 5) is 2.45. The fourth-order valence-corrected chi connectivity index (χ4v) is 2.54. The maximum absolute atomic E-state index is 4.12. The lowest BCUT2D eigenvalue weighted by atomic mass is 9.86. The molecule has 1 aromatic heterocycles. The minimum Gasteiger partial charge on any atom is -0.370 e. The first-order chi connectivity index (χ1) is 8.68. The van der Waals surface area contributed by atoms with Gasteiger partial charge in [0, 0.05) is 13.1 Å². The van der Waals surface area contributed by atoms with Crippen LogP contribution >= 0.6 is 0 Å². The molecule has 0 amide bonds. The molecule has 1 aliphatic heterocycles. The predicted molar refractivity (Wildman–Crippen MR) is 77.9 cm³/mol. The topological polar surface area (TPSA) is 29.0 Å². The zero-order valence-electron chi connectivity index (χ0n) is 12.5. The van der Waals surface area contributed by atoms with Crippen LogP contribution in [0.15, 0.2) is 12.3 Å². The summed E-state index contributed by atoms with van der Waals surface area (Å²) in [6, 6.07) is 2.08. The van der Waals surface area contributed by atoms with Gasteiger partial charge in [-0.15, -0.1) is 0 Å². The van der Waals surface area contributed by atoms with Crippen LogP contribution in [-0.4, -0.2) is 23.3 Å². The van der Waals surface area contributed by atoms with E-state index in [9.17, 15) is 0 Å². The van der Waals surface area contributed by atoms with Gasteiger partial charge >= 0.3 is 0 Å². The van der Waals surface area contributed by atoms with Gasteiger partial charge in [0.15, 0.2) is 0 Å². The summed E-state index contributed by atoms with van der Waals surface area (Å²) >= 11 is 0. The van der Waals surface area contributed by atoms with Gasteiger partial charge in [-0.25, -0.2) is 0 Å². The minimum atomic E-state index is 0.818. The highest BCUT2D eigenvalue weighted by atomic mass is 15.2. The maximum Gasteiger partial charge on any atom is 0.0833 e. The van der Waals surface area contributed by atoms with E-state index >= 15 is 0 Å². The van der Waals surface area contributed by atoms with E-state index in [4.69, 9.17) is 0 Å². The van der Waals surface area contributed by atoms with Crippen LogP contribution in [0.25, 0.3) is 0 Å². The highest BCUT2D eigenvalue weighted by Gasteiger charge is 2.22. The van der Waals surface area contributed by atoms with Crippen molar-refractivity contribution in [2.45, 2.75) is 47.5 Å². The molecular formula is C15H27N3.